The SMILES string of the molecule is COC(=O)c1cc(C(C)(C)c2ccc(C(C)(C)c3ccc(O)c(C(=O)OC)c3)cc2)ccc1O. The topological polar surface area (TPSA) is 93.1 Å². The van der Waals surface area contributed by atoms with E-state index in [0.717, 1.165) is 22.3 Å². The van der Waals surface area contributed by atoms with Gasteiger partial charge in [0.15, 0.2) is 0 Å². The predicted octanol–water partition coefficient (Wildman–Crippen LogP) is 5.32. The van der Waals surface area contributed by atoms with Crippen LogP contribution in [0.5, 0.6) is 11.5 Å². The van der Waals surface area contributed by atoms with Gasteiger partial charge in [-0.25, -0.2) is 9.59 Å². The number of esters is 2. The van der Waals surface area contributed by atoms with Crippen LogP contribution in [0.3, 0.4) is 0 Å². The number of carbonyl (C=O) groups is 2. The van der Waals surface area contributed by atoms with Crippen LogP contribution in [0.25, 0.3) is 0 Å². The van der Waals surface area contributed by atoms with Crippen molar-refractivity contribution in [3.05, 3.63) is 94.0 Å². The first-order chi connectivity index (χ1) is 15.9. The minimum Gasteiger partial charge on any atom is -0.507 e. The molecule has 0 bridgehead atoms. The Morgan fingerprint density at radius 2 is 0.882 bits per heavy atom. The van der Waals surface area contributed by atoms with Gasteiger partial charge in [-0.1, -0.05) is 64.1 Å². The third-order valence-corrected chi connectivity index (χ3v) is 6.58. The highest BCUT2D eigenvalue weighted by atomic mass is 16.5. The van der Waals surface area contributed by atoms with Gasteiger partial charge in [0.25, 0.3) is 0 Å². The van der Waals surface area contributed by atoms with E-state index >= 15 is 0 Å². The number of methoxy groups -OCH3 is 2. The van der Waals surface area contributed by atoms with Crippen LogP contribution in [0.15, 0.2) is 60.7 Å². The van der Waals surface area contributed by atoms with E-state index in [1.165, 1.54) is 26.4 Å². The summed E-state index contributed by atoms with van der Waals surface area (Å²) in [6.45, 7) is 8.18. The lowest BCUT2D eigenvalue weighted by molar-refractivity contribution is 0.0588. The zero-order valence-electron chi connectivity index (χ0n) is 20.3. The maximum atomic E-state index is 12.0. The Morgan fingerprint density at radius 3 is 1.18 bits per heavy atom. The number of phenols is 2. The lowest BCUT2D eigenvalue weighted by Crippen LogP contribution is -2.22. The Bertz CT molecular complexity index is 1130. The Balaban J connectivity index is 1.97. The highest BCUT2D eigenvalue weighted by Gasteiger charge is 2.28. The predicted molar refractivity (Wildman–Crippen MR) is 130 cm³/mol. The number of ether oxygens (including phenoxy) is 2. The van der Waals surface area contributed by atoms with Crippen molar-refractivity contribution in [2.24, 2.45) is 0 Å². The van der Waals surface area contributed by atoms with Crippen LogP contribution in [-0.4, -0.2) is 36.4 Å². The van der Waals surface area contributed by atoms with E-state index in [2.05, 4.69) is 0 Å². The van der Waals surface area contributed by atoms with E-state index < -0.39 is 22.8 Å². The highest BCUT2D eigenvalue weighted by Crippen LogP contribution is 2.38. The molecule has 0 saturated carbocycles. The van der Waals surface area contributed by atoms with Crippen molar-refractivity contribution in [1.29, 1.82) is 0 Å². The molecule has 0 aliphatic carbocycles. The Labute approximate surface area is 199 Å². The van der Waals surface area contributed by atoms with Crippen molar-refractivity contribution in [2.45, 2.75) is 38.5 Å². The average molecular weight is 463 g/mol. The summed E-state index contributed by atoms with van der Waals surface area (Å²) in [7, 11) is 2.56. The van der Waals surface area contributed by atoms with E-state index in [0.29, 0.717) is 0 Å². The molecule has 0 aliphatic rings. The van der Waals surface area contributed by atoms with Crippen molar-refractivity contribution < 1.29 is 29.3 Å². The molecule has 0 aliphatic heterocycles. The Hall–Kier alpha value is -3.80. The van der Waals surface area contributed by atoms with Crippen LogP contribution in [-0.2, 0) is 20.3 Å². The van der Waals surface area contributed by atoms with E-state index in [9.17, 15) is 19.8 Å². The quantitative estimate of drug-likeness (QED) is 0.482. The molecule has 6 nitrogen and oxygen atoms in total. The average Bonchev–Trinajstić information content (AvgIpc) is 2.83. The van der Waals surface area contributed by atoms with E-state index in [-0.39, 0.29) is 22.6 Å². The summed E-state index contributed by atoms with van der Waals surface area (Å²) in [6.07, 6.45) is 0. The number of hydrogen-bond acceptors (Lipinski definition) is 6. The monoisotopic (exact) mass is 462 g/mol. The molecule has 0 heterocycles. The third kappa shape index (κ3) is 4.49. The van der Waals surface area contributed by atoms with Crippen molar-refractivity contribution in [3.63, 3.8) is 0 Å². The summed E-state index contributed by atoms with van der Waals surface area (Å²) in [5.41, 5.74) is 3.12. The Morgan fingerprint density at radius 1 is 0.588 bits per heavy atom. The smallest absolute Gasteiger partial charge is 0.341 e. The van der Waals surface area contributed by atoms with Crippen LogP contribution in [0, 0.1) is 0 Å². The summed E-state index contributed by atoms with van der Waals surface area (Å²) in [6, 6.07) is 18.0. The van der Waals surface area contributed by atoms with Gasteiger partial charge in [-0.15, -0.1) is 0 Å². The van der Waals surface area contributed by atoms with Gasteiger partial charge < -0.3 is 19.7 Å². The fraction of sp³-hybridized carbons (Fsp3) is 0.286. The summed E-state index contributed by atoms with van der Waals surface area (Å²) in [5.74, 6) is -1.42. The lowest BCUT2D eigenvalue weighted by atomic mass is 9.74. The van der Waals surface area contributed by atoms with Gasteiger partial charge in [0.05, 0.1) is 14.2 Å². The van der Waals surface area contributed by atoms with Crippen LogP contribution in [0.4, 0.5) is 0 Å². The van der Waals surface area contributed by atoms with Crippen molar-refractivity contribution in [2.75, 3.05) is 14.2 Å². The lowest BCUT2D eigenvalue weighted by Gasteiger charge is -2.30. The van der Waals surface area contributed by atoms with Crippen LogP contribution in [0.2, 0.25) is 0 Å². The van der Waals surface area contributed by atoms with Gasteiger partial charge in [0.1, 0.15) is 22.6 Å². The molecule has 0 unspecified atom stereocenters. The highest BCUT2D eigenvalue weighted by molar-refractivity contribution is 5.93. The summed E-state index contributed by atoms with van der Waals surface area (Å²) in [5, 5.41) is 20.1. The van der Waals surface area contributed by atoms with Crippen LogP contribution < -0.4 is 0 Å². The summed E-state index contributed by atoms with van der Waals surface area (Å²) in [4.78, 5) is 24.0. The largest absolute Gasteiger partial charge is 0.507 e. The normalized spacial score (nSPS) is 11.7. The maximum Gasteiger partial charge on any atom is 0.341 e. The molecule has 178 valence electrons. The van der Waals surface area contributed by atoms with Crippen molar-refractivity contribution in [1.82, 2.24) is 0 Å². The van der Waals surface area contributed by atoms with Crippen molar-refractivity contribution >= 4 is 11.9 Å². The maximum absolute atomic E-state index is 12.0. The number of hydrogen-bond donors (Lipinski definition) is 2. The molecule has 0 radical (unpaired) electrons. The molecule has 34 heavy (non-hydrogen) atoms. The zero-order chi connectivity index (χ0) is 25.3. The third-order valence-electron chi connectivity index (χ3n) is 6.58. The van der Waals surface area contributed by atoms with Gasteiger partial charge >= 0.3 is 11.9 Å². The number of rotatable bonds is 6. The van der Waals surface area contributed by atoms with E-state index in [1.807, 2.05) is 52.0 Å². The molecule has 0 fully saturated rings. The van der Waals surface area contributed by atoms with Crippen molar-refractivity contribution in [3.8, 4) is 11.5 Å². The zero-order valence-corrected chi connectivity index (χ0v) is 20.3. The first-order valence-electron chi connectivity index (χ1n) is 10.9. The fourth-order valence-corrected chi connectivity index (χ4v) is 4.03. The molecule has 0 spiro atoms. The van der Waals surface area contributed by atoms with Crippen LogP contribution >= 0.6 is 0 Å². The summed E-state index contributed by atoms with van der Waals surface area (Å²) >= 11 is 0. The van der Waals surface area contributed by atoms with E-state index in [1.54, 1.807) is 24.3 Å². The molecule has 0 saturated heterocycles. The molecular formula is C28H30O6. The first-order valence-corrected chi connectivity index (χ1v) is 10.9. The first kappa shape index (κ1) is 24.8. The fourth-order valence-electron chi connectivity index (χ4n) is 4.03. The second kappa shape index (κ2) is 9.21. The van der Waals surface area contributed by atoms with Gasteiger partial charge in [0.2, 0.25) is 0 Å². The minimum atomic E-state index is -0.590. The molecule has 0 atom stereocenters. The van der Waals surface area contributed by atoms with E-state index in [4.69, 9.17) is 9.47 Å². The summed E-state index contributed by atoms with van der Waals surface area (Å²) < 4.78 is 9.56. The van der Waals surface area contributed by atoms with Crippen LogP contribution in [0.1, 0.15) is 70.7 Å². The minimum absolute atomic E-state index is 0.122. The number of phenolic OH excluding ortho intramolecular Hbond substituents is 2. The molecule has 0 aromatic heterocycles. The second-order valence-corrected chi connectivity index (χ2v) is 9.27. The molecule has 0 amide bonds. The van der Waals surface area contributed by atoms with Gasteiger partial charge in [-0.2, -0.15) is 0 Å². The number of carbonyl (C=O) groups excluding carboxylic acids is 2. The second-order valence-electron chi connectivity index (χ2n) is 9.27. The molecule has 2 N–H and O–H groups in total. The molecule has 3 aromatic rings. The number of aromatic hydroxyl groups is 2. The van der Waals surface area contributed by atoms with Gasteiger partial charge in [0, 0.05) is 10.8 Å². The van der Waals surface area contributed by atoms with Gasteiger partial charge in [-0.3, -0.25) is 0 Å². The Kier molecular flexibility index (Phi) is 6.73. The molecule has 3 aromatic carbocycles. The molecule has 6 heteroatoms. The van der Waals surface area contributed by atoms with Gasteiger partial charge in [-0.05, 0) is 46.5 Å². The molecule has 3 rings (SSSR count). The number of benzene rings is 3. The molecular weight excluding hydrogens is 432 g/mol. The standard InChI is InChI=1S/C28H30O6/c1-27(2,19-11-13-23(29)21(15-19)25(31)33-5)17-7-9-18(10-8-17)28(3,4)20-12-14-24(30)22(16-20)26(32)34-6/h7-16,29-30H,1-6H3.